The molecule has 0 aliphatic carbocycles. The van der Waals surface area contributed by atoms with Gasteiger partial charge in [-0.15, -0.1) is 11.3 Å². The maximum atomic E-state index is 11.9. The van der Waals surface area contributed by atoms with Gasteiger partial charge in [0.15, 0.2) is 5.96 Å². The fraction of sp³-hybridized carbons (Fsp3) is 0.722. The number of carbonyl (C=O) groups excluding carboxylic acids is 1. The standard InChI is InChI=1S/C18H32N6OS/c1-6-19-18(20-11-16-14(4)22-15(5)26-16)24-9-7-23(8-10-24)12-17(25)21-13(2)3/h13H,6-12H2,1-5H3,(H,19,20)(H,21,25). The fourth-order valence-electron chi connectivity index (χ4n) is 2.98. The number of carbonyl (C=O) groups is 1. The van der Waals surface area contributed by atoms with Gasteiger partial charge in [-0.3, -0.25) is 9.69 Å². The highest BCUT2D eigenvalue weighted by Gasteiger charge is 2.21. The summed E-state index contributed by atoms with van der Waals surface area (Å²) in [5, 5.41) is 7.44. The number of aliphatic imine (C=N–C) groups is 1. The summed E-state index contributed by atoms with van der Waals surface area (Å²) >= 11 is 1.72. The van der Waals surface area contributed by atoms with Gasteiger partial charge >= 0.3 is 0 Å². The Morgan fingerprint density at radius 1 is 1.27 bits per heavy atom. The third-order valence-corrected chi connectivity index (χ3v) is 5.25. The number of hydrogen-bond donors (Lipinski definition) is 2. The number of nitrogens with zero attached hydrogens (tertiary/aromatic N) is 4. The number of hydrogen-bond acceptors (Lipinski definition) is 5. The zero-order valence-corrected chi connectivity index (χ0v) is 17.4. The lowest BCUT2D eigenvalue weighted by Crippen LogP contribution is -2.54. The molecule has 1 aliphatic rings. The van der Waals surface area contributed by atoms with Gasteiger partial charge in [0.05, 0.1) is 23.8 Å². The molecule has 0 bridgehead atoms. The molecule has 0 saturated carbocycles. The van der Waals surface area contributed by atoms with Crippen molar-refractivity contribution in [3.8, 4) is 0 Å². The fourth-order valence-corrected chi connectivity index (χ4v) is 3.84. The molecule has 26 heavy (non-hydrogen) atoms. The predicted molar refractivity (Wildman–Crippen MR) is 108 cm³/mol. The molecule has 2 rings (SSSR count). The maximum absolute atomic E-state index is 11.9. The van der Waals surface area contributed by atoms with E-state index >= 15 is 0 Å². The molecule has 2 heterocycles. The number of amides is 1. The van der Waals surface area contributed by atoms with Crippen molar-refractivity contribution in [2.24, 2.45) is 4.99 Å². The number of aryl methyl sites for hydroxylation is 2. The van der Waals surface area contributed by atoms with Crippen molar-refractivity contribution in [1.29, 1.82) is 0 Å². The number of aromatic nitrogens is 1. The van der Waals surface area contributed by atoms with Gasteiger partial charge in [0, 0.05) is 43.6 Å². The molecule has 7 nitrogen and oxygen atoms in total. The van der Waals surface area contributed by atoms with Crippen molar-refractivity contribution in [3.63, 3.8) is 0 Å². The minimum Gasteiger partial charge on any atom is -0.357 e. The van der Waals surface area contributed by atoms with Gasteiger partial charge < -0.3 is 15.5 Å². The second-order valence-corrected chi connectivity index (χ2v) is 8.18. The molecule has 1 aromatic heterocycles. The number of nitrogens with one attached hydrogen (secondary N) is 2. The van der Waals surface area contributed by atoms with Crippen molar-refractivity contribution in [3.05, 3.63) is 15.6 Å². The van der Waals surface area contributed by atoms with Crippen LogP contribution in [0.15, 0.2) is 4.99 Å². The summed E-state index contributed by atoms with van der Waals surface area (Å²) in [6, 6.07) is 0.190. The minimum atomic E-state index is 0.102. The van der Waals surface area contributed by atoms with E-state index in [4.69, 9.17) is 4.99 Å². The molecule has 0 atom stereocenters. The highest BCUT2D eigenvalue weighted by molar-refractivity contribution is 7.11. The van der Waals surface area contributed by atoms with E-state index in [2.05, 4.69) is 32.3 Å². The van der Waals surface area contributed by atoms with Crippen molar-refractivity contribution in [2.45, 2.75) is 47.2 Å². The average molecular weight is 381 g/mol. The molecule has 8 heteroatoms. The van der Waals surface area contributed by atoms with Gasteiger partial charge in [-0.2, -0.15) is 0 Å². The summed E-state index contributed by atoms with van der Waals surface area (Å²) in [6.45, 7) is 15.6. The van der Waals surface area contributed by atoms with Gasteiger partial charge in [-0.25, -0.2) is 9.98 Å². The Bertz CT molecular complexity index is 619. The second-order valence-electron chi connectivity index (χ2n) is 6.90. The lowest BCUT2D eigenvalue weighted by molar-refractivity contribution is -0.123. The first-order valence-electron chi connectivity index (χ1n) is 9.37. The highest BCUT2D eigenvalue weighted by Crippen LogP contribution is 2.18. The van der Waals surface area contributed by atoms with Crippen LogP contribution in [0.3, 0.4) is 0 Å². The molecule has 0 radical (unpaired) electrons. The van der Waals surface area contributed by atoms with Gasteiger partial charge in [-0.1, -0.05) is 0 Å². The number of piperazine rings is 1. The third kappa shape index (κ3) is 6.25. The molecule has 1 fully saturated rings. The molecular weight excluding hydrogens is 348 g/mol. The van der Waals surface area contributed by atoms with Gasteiger partial charge in [0.1, 0.15) is 0 Å². The molecule has 146 valence electrons. The van der Waals surface area contributed by atoms with Crippen LogP contribution in [-0.4, -0.2) is 72.0 Å². The first kappa shape index (κ1) is 20.6. The smallest absolute Gasteiger partial charge is 0.234 e. The molecule has 0 aromatic carbocycles. The summed E-state index contributed by atoms with van der Waals surface area (Å²) in [6.07, 6.45) is 0. The first-order valence-corrected chi connectivity index (χ1v) is 10.2. The Labute approximate surface area is 160 Å². The minimum absolute atomic E-state index is 0.102. The zero-order chi connectivity index (χ0) is 19.1. The summed E-state index contributed by atoms with van der Waals surface area (Å²) in [5.41, 5.74) is 1.08. The quantitative estimate of drug-likeness (QED) is 0.576. The number of thiazole rings is 1. The normalized spacial score (nSPS) is 16.2. The molecule has 1 saturated heterocycles. The molecule has 1 aromatic rings. The molecule has 0 spiro atoms. The largest absolute Gasteiger partial charge is 0.357 e. The monoisotopic (exact) mass is 380 g/mol. The molecule has 1 amide bonds. The van der Waals surface area contributed by atoms with Crippen LogP contribution in [0.5, 0.6) is 0 Å². The van der Waals surface area contributed by atoms with E-state index in [-0.39, 0.29) is 11.9 Å². The molecule has 0 unspecified atom stereocenters. The average Bonchev–Trinajstić information content (AvgIpc) is 2.89. The number of guanidine groups is 1. The maximum Gasteiger partial charge on any atom is 0.234 e. The van der Waals surface area contributed by atoms with E-state index in [1.165, 1.54) is 4.88 Å². The summed E-state index contributed by atoms with van der Waals surface area (Å²) in [4.78, 5) is 26.9. The van der Waals surface area contributed by atoms with Crippen LogP contribution in [-0.2, 0) is 11.3 Å². The lowest BCUT2D eigenvalue weighted by atomic mass is 10.3. The van der Waals surface area contributed by atoms with Gasteiger partial charge in [0.25, 0.3) is 0 Å². The first-order chi connectivity index (χ1) is 12.4. The lowest BCUT2D eigenvalue weighted by Gasteiger charge is -2.36. The van der Waals surface area contributed by atoms with Gasteiger partial charge in [0.2, 0.25) is 5.91 Å². The van der Waals surface area contributed by atoms with Crippen LogP contribution in [0, 0.1) is 13.8 Å². The topological polar surface area (TPSA) is 72.9 Å². The zero-order valence-electron chi connectivity index (χ0n) is 16.6. The Balaban J connectivity index is 1.90. The summed E-state index contributed by atoms with van der Waals surface area (Å²) in [7, 11) is 0. The van der Waals surface area contributed by atoms with Crippen molar-refractivity contribution in [2.75, 3.05) is 39.3 Å². The van der Waals surface area contributed by atoms with Crippen LogP contribution in [0.25, 0.3) is 0 Å². The Kier molecular flexibility index (Phi) is 7.84. The van der Waals surface area contributed by atoms with Crippen LogP contribution in [0.1, 0.15) is 36.3 Å². The molecular formula is C18H32N6OS. The van der Waals surface area contributed by atoms with Crippen molar-refractivity contribution < 1.29 is 4.79 Å². The van der Waals surface area contributed by atoms with E-state index in [0.29, 0.717) is 13.1 Å². The van der Waals surface area contributed by atoms with Crippen LogP contribution < -0.4 is 10.6 Å². The van der Waals surface area contributed by atoms with Crippen LogP contribution in [0.2, 0.25) is 0 Å². The molecule has 1 aliphatic heterocycles. The van der Waals surface area contributed by atoms with E-state index < -0.39 is 0 Å². The Morgan fingerprint density at radius 2 is 1.96 bits per heavy atom. The summed E-state index contributed by atoms with van der Waals surface area (Å²) in [5.74, 6) is 1.05. The van der Waals surface area contributed by atoms with Crippen LogP contribution in [0.4, 0.5) is 0 Å². The summed E-state index contributed by atoms with van der Waals surface area (Å²) < 4.78 is 0. The van der Waals surface area contributed by atoms with Gasteiger partial charge in [-0.05, 0) is 34.6 Å². The van der Waals surface area contributed by atoms with E-state index in [1.807, 2.05) is 27.7 Å². The van der Waals surface area contributed by atoms with E-state index in [1.54, 1.807) is 11.3 Å². The van der Waals surface area contributed by atoms with Crippen LogP contribution >= 0.6 is 11.3 Å². The van der Waals surface area contributed by atoms with E-state index in [0.717, 1.165) is 49.4 Å². The SMILES string of the molecule is CCNC(=NCc1sc(C)nc1C)N1CCN(CC(=O)NC(C)C)CC1. The number of rotatable bonds is 6. The van der Waals surface area contributed by atoms with E-state index in [9.17, 15) is 4.79 Å². The third-order valence-electron chi connectivity index (χ3n) is 4.20. The molecule has 2 N–H and O–H groups in total. The highest BCUT2D eigenvalue weighted by atomic mass is 32.1. The predicted octanol–water partition coefficient (Wildman–Crippen LogP) is 1.37. The van der Waals surface area contributed by atoms with Crippen molar-refractivity contribution in [1.82, 2.24) is 25.4 Å². The Morgan fingerprint density at radius 3 is 2.50 bits per heavy atom. The second kappa shape index (κ2) is 9.87. The Hall–Kier alpha value is -1.67. The van der Waals surface area contributed by atoms with Crippen molar-refractivity contribution >= 4 is 23.2 Å².